The molecule has 5 rings (SSSR count). The fourth-order valence-corrected chi connectivity index (χ4v) is 5.92. The van der Waals surface area contributed by atoms with Gasteiger partial charge < -0.3 is 10.1 Å². The van der Waals surface area contributed by atoms with Gasteiger partial charge in [-0.25, -0.2) is 8.42 Å². The first-order chi connectivity index (χ1) is 15.4. The number of hydrogen-bond donors (Lipinski definition) is 2. The molecule has 0 radical (unpaired) electrons. The van der Waals surface area contributed by atoms with Crippen LogP contribution in [0.1, 0.15) is 35.1 Å². The number of fused-ring (bicyclic) bond motifs is 3. The SMILES string of the molecule is COc1cccc(NS(=O)(=O)c2ccc3c(c2)C2C=CCC2[C@H](c2cccc(C)c2)N3)c1. The van der Waals surface area contributed by atoms with E-state index < -0.39 is 10.0 Å². The number of aryl methyl sites for hydroxylation is 1. The Morgan fingerprint density at radius 3 is 2.69 bits per heavy atom. The van der Waals surface area contributed by atoms with E-state index in [-0.39, 0.29) is 16.9 Å². The standard InChI is InChI=1S/C26H26N2O3S/c1-17-6-3-7-18(14-17)26-23-11-5-10-22(23)24-16-21(12-13-25(24)27-26)32(29,30)28-19-8-4-9-20(15-19)31-2/h3-10,12-16,22-23,26-28H,11H2,1-2H3/t22?,23?,26-/m0/s1. The highest BCUT2D eigenvalue weighted by atomic mass is 32.2. The van der Waals surface area contributed by atoms with E-state index in [9.17, 15) is 8.42 Å². The summed E-state index contributed by atoms with van der Waals surface area (Å²) in [5, 5.41) is 3.68. The number of sulfonamides is 1. The Balaban J connectivity index is 1.48. The molecule has 2 N–H and O–H groups in total. The van der Waals surface area contributed by atoms with Gasteiger partial charge in [0, 0.05) is 17.7 Å². The number of anilines is 2. The number of nitrogens with one attached hydrogen (secondary N) is 2. The molecule has 3 atom stereocenters. The Morgan fingerprint density at radius 2 is 1.88 bits per heavy atom. The van der Waals surface area contributed by atoms with E-state index in [2.05, 4.69) is 53.4 Å². The van der Waals surface area contributed by atoms with E-state index in [4.69, 9.17) is 4.74 Å². The summed E-state index contributed by atoms with van der Waals surface area (Å²) in [6.07, 6.45) is 5.40. The molecule has 6 heteroatoms. The first-order valence-corrected chi connectivity index (χ1v) is 12.2. The Bertz CT molecular complexity index is 1300. The monoisotopic (exact) mass is 446 g/mol. The summed E-state index contributed by atoms with van der Waals surface area (Å²) in [6, 6.07) is 21.1. The van der Waals surface area contributed by atoms with Crippen molar-refractivity contribution >= 4 is 21.4 Å². The molecule has 1 aliphatic carbocycles. The fourth-order valence-electron chi connectivity index (χ4n) is 4.83. The molecule has 0 bridgehead atoms. The molecule has 1 aliphatic heterocycles. The molecule has 3 aromatic rings. The molecule has 2 unspecified atom stereocenters. The molecule has 1 heterocycles. The summed E-state index contributed by atoms with van der Waals surface area (Å²) >= 11 is 0. The molecule has 3 aromatic carbocycles. The zero-order chi connectivity index (χ0) is 22.3. The van der Waals surface area contributed by atoms with Gasteiger partial charge in [-0.2, -0.15) is 0 Å². The van der Waals surface area contributed by atoms with Crippen LogP contribution in [0.5, 0.6) is 5.75 Å². The number of benzene rings is 3. The number of allylic oxidation sites excluding steroid dienone is 2. The van der Waals surface area contributed by atoms with Gasteiger partial charge in [0.05, 0.1) is 23.7 Å². The van der Waals surface area contributed by atoms with Crippen molar-refractivity contribution in [2.75, 3.05) is 17.1 Å². The summed E-state index contributed by atoms with van der Waals surface area (Å²) < 4.78 is 34.1. The molecular formula is C26H26N2O3S. The zero-order valence-corrected chi connectivity index (χ0v) is 18.9. The maximum absolute atomic E-state index is 13.1. The quantitative estimate of drug-likeness (QED) is 0.499. The van der Waals surface area contributed by atoms with Gasteiger partial charge in [0.15, 0.2) is 0 Å². The van der Waals surface area contributed by atoms with Gasteiger partial charge in [-0.3, -0.25) is 4.72 Å². The van der Waals surface area contributed by atoms with Crippen LogP contribution < -0.4 is 14.8 Å². The molecule has 0 saturated carbocycles. The average molecular weight is 447 g/mol. The van der Waals surface area contributed by atoms with Crippen LogP contribution in [0.4, 0.5) is 11.4 Å². The van der Waals surface area contributed by atoms with Crippen LogP contribution in [-0.4, -0.2) is 15.5 Å². The lowest BCUT2D eigenvalue weighted by Crippen LogP contribution is -2.29. The third-order valence-corrected chi connectivity index (χ3v) is 7.75. The van der Waals surface area contributed by atoms with Gasteiger partial charge in [0.2, 0.25) is 0 Å². The summed E-state index contributed by atoms with van der Waals surface area (Å²) in [7, 11) is -2.17. The minimum Gasteiger partial charge on any atom is -0.497 e. The second kappa shape index (κ2) is 8.02. The Hall–Kier alpha value is -3.25. The molecule has 164 valence electrons. The first-order valence-electron chi connectivity index (χ1n) is 10.8. The molecular weight excluding hydrogens is 420 g/mol. The van der Waals surface area contributed by atoms with Crippen molar-refractivity contribution in [1.29, 1.82) is 0 Å². The van der Waals surface area contributed by atoms with Crippen LogP contribution in [-0.2, 0) is 10.0 Å². The number of hydrogen-bond acceptors (Lipinski definition) is 4. The van der Waals surface area contributed by atoms with Gasteiger partial charge >= 0.3 is 0 Å². The van der Waals surface area contributed by atoms with Crippen LogP contribution in [0, 0.1) is 12.8 Å². The lowest BCUT2D eigenvalue weighted by molar-refractivity contribution is 0.415. The van der Waals surface area contributed by atoms with Gasteiger partial charge in [0.25, 0.3) is 10.0 Å². The lowest BCUT2D eigenvalue weighted by atomic mass is 9.77. The van der Waals surface area contributed by atoms with Crippen molar-refractivity contribution in [2.24, 2.45) is 5.92 Å². The van der Waals surface area contributed by atoms with Crippen LogP contribution in [0.2, 0.25) is 0 Å². The van der Waals surface area contributed by atoms with E-state index in [0.29, 0.717) is 17.4 Å². The molecule has 0 fully saturated rings. The molecule has 0 saturated heterocycles. The van der Waals surface area contributed by atoms with E-state index in [1.54, 1.807) is 37.4 Å². The van der Waals surface area contributed by atoms with E-state index in [1.807, 2.05) is 12.1 Å². The largest absolute Gasteiger partial charge is 0.497 e. The number of methoxy groups -OCH3 is 1. The second-order valence-electron chi connectivity index (χ2n) is 8.48. The molecule has 0 spiro atoms. The van der Waals surface area contributed by atoms with Crippen molar-refractivity contribution in [3.63, 3.8) is 0 Å². The van der Waals surface area contributed by atoms with Crippen molar-refractivity contribution in [3.8, 4) is 5.75 Å². The Labute approximate surface area is 189 Å². The number of ether oxygens (including phenoxy) is 1. The number of rotatable bonds is 5. The Kier molecular flexibility index (Phi) is 5.18. The van der Waals surface area contributed by atoms with E-state index in [0.717, 1.165) is 17.7 Å². The minimum absolute atomic E-state index is 0.184. The Morgan fingerprint density at radius 1 is 1.03 bits per heavy atom. The minimum atomic E-state index is -3.73. The molecule has 0 aromatic heterocycles. The smallest absolute Gasteiger partial charge is 0.261 e. The van der Waals surface area contributed by atoms with Crippen LogP contribution >= 0.6 is 0 Å². The molecule has 32 heavy (non-hydrogen) atoms. The highest BCUT2D eigenvalue weighted by Crippen LogP contribution is 2.50. The average Bonchev–Trinajstić information content (AvgIpc) is 3.28. The summed E-state index contributed by atoms with van der Waals surface area (Å²) in [5.74, 6) is 1.14. The second-order valence-corrected chi connectivity index (χ2v) is 10.2. The van der Waals surface area contributed by atoms with Crippen molar-refractivity contribution in [3.05, 3.63) is 95.6 Å². The molecule has 0 amide bonds. The predicted molar refractivity (Wildman–Crippen MR) is 128 cm³/mol. The predicted octanol–water partition coefficient (Wildman–Crippen LogP) is 5.63. The normalized spacial score (nSPS) is 21.4. The molecule has 2 aliphatic rings. The third kappa shape index (κ3) is 3.75. The van der Waals surface area contributed by atoms with Crippen molar-refractivity contribution in [1.82, 2.24) is 0 Å². The van der Waals surface area contributed by atoms with Crippen LogP contribution in [0.3, 0.4) is 0 Å². The van der Waals surface area contributed by atoms with Crippen LogP contribution in [0.15, 0.2) is 83.8 Å². The van der Waals surface area contributed by atoms with Crippen molar-refractivity contribution < 1.29 is 13.2 Å². The summed E-state index contributed by atoms with van der Waals surface area (Å²) in [5.41, 5.74) is 5.00. The summed E-state index contributed by atoms with van der Waals surface area (Å²) in [6.45, 7) is 2.11. The maximum Gasteiger partial charge on any atom is 0.261 e. The van der Waals surface area contributed by atoms with Gasteiger partial charge in [-0.15, -0.1) is 0 Å². The fraction of sp³-hybridized carbons (Fsp3) is 0.231. The van der Waals surface area contributed by atoms with Gasteiger partial charge in [-0.05, 0) is 60.7 Å². The summed E-state index contributed by atoms with van der Waals surface area (Å²) in [4.78, 5) is 0.258. The molecule has 5 nitrogen and oxygen atoms in total. The van der Waals surface area contributed by atoms with E-state index in [1.165, 1.54) is 11.1 Å². The first kappa shape index (κ1) is 20.6. The maximum atomic E-state index is 13.1. The van der Waals surface area contributed by atoms with Gasteiger partial charge in [-0.1, -0.05) is 48.0 Å². The lowest BCUT2D eigenvalue weighted by Gasteiger charge is -2.37. The zero-order valence-electron chi connectivity index (χ0n) is 18.1. The van der Waals surface area contributed by atoms with E-state index >= 15 is 0 Å². The topological polar surface area (TPSA) is 67.4 Å². The highest BCUT2D eigenvalue weighted by molar-refractivity contribution is 7.92. The van der Waals surface area contributed by atoms with Crippen LogP contribution in [0.25, 0.3) is 0 Å². The third-order valence-electron chi connectivity index (χ3n) is 6.37. The van der Waals surface area contributed by atoms with Gasteiger partial charge in [0.1, 0.15) is 5.75 Å². The van der Waals surface area contributed by atoms with Crippen molar-refractivity contribution in [2.45, 2.75) is 30.2 Å². The highest BCUT2D eigenvalue weighted by Gasteiger charge is 2.38.